The van der Waals surface area contributed by atoms with E-state index in [1.807, 2.05) is 29.7 Å². The number of imidazole rings is 1. The van der Waals surface area contributed by atoms with Gasteiger partial charge in [0.1, 0.15) is 23.3 Å². The maximum Gasteiger partial charge on any atom is 0.262 e. The number of carbonyl (C=O) groups is 1. The molecule has 0 saturated carbocycles. The molecule has 2 N–H and O–H groups in total. The Kier molecular flexibility index (Phi) is 5.35. The van der Waals surface area contributed by atoms with Gasteiger partial charge in [0.15, 0.2) is 17.3 Å². The zero-order valence-electron chi connectivity index (χ0n) is 18.7. The fourth-order valence-electron chi connectivity index (χ4n) is 4.38. The smallest absolute Gasteiger partial charge is 0.262 e. The van der Waals surface area contributed by atoms with Crippen molar-refractivity contribution in [2.45, 2.75) is 38.2 Å². The number of pyridine rings is 1. The van der Waals surface area contributed by atoms with E-state index in [4.69, 9.17) is 10.2 Å². The van der Waals surface area contributed by atoms with Gasteiger partial charge in [0.25, 0.3) is 5.92 Å². The fraction of sp³-hybridized carbons (Fsp3) is 0.348. The molecule has 0 unspecified atom stereocenters. The number of hydrogen-bond donors (Lipinski definition) is 1. The Hall–Kier alpha value is -3.73. The summed E-state index contributed by atoms with van der Waals surface area (Å²) >= 11 is 0. The Labute approximate surface area is 193 Å². The molecule has 4 aromatic heterocycles. The van der Waals surface area contributed by atoms with Gasteiger partial charge in [-0.1, -0.05) is 0 Å². The minimum Gasteiger partial charge on any atom is -0.443 e. The third kappa shape index (κ3) is 4.03. The van der Waals surface area contributed by atoms with Crippen LogP contribution >= 0.6 is 0 Å². The number of alkyl halides is 2. The van der Waals surface area contributed by atoms with Crippen LogP contribution < -0.4 is 5.73 Å². The molecule has 1 atom stereocenters. The first-order chi connectivity index (χ1) is 16.2. The predicted molar refractivity (Wildman–Crippen MR) is 120 cm³/mol. The molecule has 5 rings (SSSR count). The molecule has 1 aliphatic rings. The molecule has 11 heteroatoms. The van der Waals surface area contributed by atoms with Gasteiger partial charge in [0.2, 0.25) is 5.89 Å². The van der Waals surface area contributed by atoms with Crippen LogP contribution in [0.1, 0.15) is 35.4 Å². The third-order valence-corrected chi connectivity index (χ3v) is 6.13. The zero-order valence-corrected chi connectivity index (χ0v) is 18.7. The van der Waals surface area contributed by atoms with Crippen molar-refractivity contribution in [3.63, 3.8) is 0 Å². The summed E-state index contributed by atoms with van der Waals surface area (Å²) in [4.78, 5) is 32.1. The number of Topliss-reactive ketones (excluding diaryl/α,β-unsaturated/α-hetero) is 1. The Morgan fingerprint density at radius 1 is 1.26 bits per heavy atom. The minimum atomic E-state index is -2.74. The second-order valence-corrected chi connectivity index (χ2v) is 8.63. The Morgan fingerprint density at radius 3 is 2.79 bits per heavy atom. The normalized spacial score (nSPS) is 18.1. The topological polar surface area (TPSA) is 115 Å². The van der Waals surface area contributed by atoms with Crippen LogP contribution in [0.5, 0.6) is 0 Å². The van der Waals surface area contributed by atoms with Gasteiger partial charge in [0, 0.05) is 42.5 Å². The number of ketones is 1. The lowest BCUT2D eigenvalue weighted by atomic mass is 10.0. The van der Waals surface area contributed by atoms with E-state index in [0.29, 0.717) is 17.0 Å². The first kappa shape index (κ1) is 22.1. The molecule has 0 spiro atoms. The van der Waals surface area contributed by atoms with Crippen LogP contribution in [-0.4, -0.2) is 60.6 Å². The highest BCUT2D eigenvalue weighted by Gasteiger charge is 2.43. The van der Waals surface area contributed by atoms with E-state index in [0.717, 1.165) is 11.3 Å². The zero-order chi connectivity index (χ0) is 24.0. The second-order valence-electron chi connectivity index (χ2n) is 8.63. The number of anilines is 1. The summed E-state index contributed by atoms with van der Waals surface area (Å²) in [7, 11) is 1.64. The lowest BCUT2D eigenvalue weighted by Crippen LogP contribution is -2.26. The van der Waals surface area contributed by atoms with Gasteiger partial charge < -0.3 is 14.6 Å². The van der Waals surface area contributed by atoms with Gasteiger partial charge in [-0.25, -0.2) is 28.7 Å². The standard InChI is InChI=1S/C23H23F2N7O2/c1-13-10-28-17-6-3-14(11-32(13)17)18-20(22-27-7-8-34-22)30-21(26)19(29-18)16(33)5-4-15-9-23(24,25)12-31(15)2/h3,6-8,10-11,15H,4-5,9,12H2,1-2H3,(H2,26,30)/t15-/m0/s1. The highest BCUT2D eigenvalue weighted by Crippen LogP contribution is 2.34. The molecular weight excluding hydrogens is 444 g/mol. The first-order valence-electron chi connectivity index (χ1n) is 10.8. The maximum atomic E-state index is 13.7. The number of rotatable bonds is 6. The number of hydrogen-bond acceptors (Lipinski definition) is 8. The molecule has 0 amide bonds. The average Bonchev–Trinajstić information content (AvgIpc) is 3.51. The summed E-state index contributed by atoms with van der Waals surface area (Å²) in [5.41, 5.74) is 9.14. The van der Waals surface area contributed by atoms with Gasteiger partial charge in [-0.05, 0) is 32.5 Å². The van der Waals surface area contributed by atoms with Crippen molar-refractivity contribution in [1.82, 2.24) is 29.2 Å². The van der Waals surface area contributed by atoms with E-state index in [1.54, 1.807) is 18.1 Å². The van der Waals surface area contributed by atoms with Gasteiger partial charge in [-0.3, -0.25) is 9.69 Å². The quantitative estimate of drug-likeness (QED) is 0.428. The summed E-state index contributed by atoms with van der Waals surface area (Å²) in [6.07, 6.45) is 6.52. The van der Waals surface area contributed by atoms with E-state index < -0.39 is 5.92 Å². The summed E-state index contributed by atoms with van der Waals surface area (Å²) in [5.74, 6) is -2.94. The number of oxazole rings is 1. The highest BCUT2D eigenvalue weighted by molar-refractivity contribution is 5.99. The molecule has 0 aromatic carbocycles. The number of likely N-dealkylation sites (tertiary alicyclic amines) is 1. The Morgan fingerprint density at radius 2 is 2.09 bits per heavy atom. The van der Waals surface area contributed by atoms with Crippen LogP contribution in [0.15, 0.2) is 41.4 Å². The van der Waals surface area contributed by atoms with Gasteiger partial charge in [0.05, 0.1) is 12.7 Å². The number of nitrogens with two attached hydrogens (primary N) is 1. The summed E-state index contributed by atoms with van der Waals surface area (Å²) < 4.78 is 34.7. The van der Waals surface area contributed by atoms with Crippen LogP contribution in [0, 0.1) is 6.92 Å². The molecule has 4 aromatic rings. The molecule has 5 heterocycles. The number of halogens is 2. The van der Waals surface area contributed by atoms with Crippen molar-refractivity contribution >= 4 is 17.2 Å². The van der Waals surface area contributed by atoms with Crippen LogP contribution in [0.3, 0.4) is 0 Å². The number of aryl methyl sites for hydroxylation is 1. The van der Waals surface area contributed by atoms with Crippen molar-refractivity contribution in [3.05, 3.63) is 48.4 Å². The highest BCUT2D eigenvalue weighted by atomic mass is 19.3. The van der Waals surface area contributed by atoms with E-state index >= 15 is 0 Å². The average molecular weight is 467 g/mol. The van der Waals surface area contributed by atoms with Crippen molar-refractivity contribution in [3.8, 4) is 22.8 Å². The van der Waals surface area contributed by atoms with Gasteiger partial charge >= 0.3 is 0 Å². The van der Waals surface area contributed by atoms with Gasteiger partial charge in [-0.2, -0.15) is 0 Å². The molecule has 1 fully saturated rings. The molecule has 1 saturated heterocycles. The van der Waals surface area contributed by atoms with Crippen molar-refractivity contribution in [2.24, 2.45) is 0 Å². The lowest BCUT2D eigenvalue weighted by Gasteiger charge is -2.17. The number of carbonyl (C=O) groups excluding carboxylic acids is 1. The fourth-order valence-corrected chi connectivity index (χ4v) is 4.38. The molecule has 1 aliphatic heterocycles. The van der Waals surface area contributed by atoms with Crippen molar-refractivity contribution in [2.75, 3.05) is 19.3 Å². The molecule has 0 bridgehead atoms. The Balaban J connectivity index is 1.51. The van der Waals surface area contributed by atoms with Gasteiger partial charge in [-0.15, -0.1) is 0 Å². The maximum absolute atomic E-state index is 13.7. The molecule has 0 radical (unpaired) electrons. The van der Waals surface area contributed by atoms with Crippen LogP contribution in [0.25, 0.3) is 28.5 Å². The minimum absolute atomic E-state index is 0.000154. The molecule has 176 valence electrons. The van der Waals surface area contributed by atoms with E-state index in [9.17, 15) is 13.6 Å². The van der Waals surface area contributed by atoms with Crippen LogP contribution in [0.2, 0.25) is 0 Å². The number of fused-ring (bicyclic) bond motifs is 1. The Bertz CT molecular complexity index is 1370. The monoisotopic (exact) mass is 467 g/mol. The molecule has 34 heavy (non-hydrogen) atoms. The summed E-state index contributed by atoms with van der Waals surface area (Å²) in [6, 6.07) is 3.26. The summed E-state index contributed by atoms with van der Waals surface area (Å²) in [6.45, 7) is 1.62. The number of aromatic nitrogens is 5. The predicted octanol–water partition coefficient (Wildman–Crippen LogP) is 3.64. The van der Waals surface area contributed by atoms with E-state index in [2.05, 4.69) is 19.9 Å². The SMILES string of the molecule is Cc1cnc2ccc(-c3nc(C(=O)CC[C@H]4CC(F)(F)CN4C)c(N)nc3-c3ncco3)cn12. The van der Waals surface area contributed by atoms with Crippen LogP contribution in [0.4, 0.5) is 14.6 Å². The third-order valence-electron chi connectivity index (χ3n) is 6.13. The largest absolute Gasteiger partial charge is 0.443 e. The van der Waals surface area contributed by atoms with Crippen molar-refractivity contribution in [1.29, 1.82) is 0 Å². The van der Waals surface area contributed by atoms with E-state index in [1.165, 1.54) is 12.5 Å². The molecule has 0 aliphatic carbocycles. The number of nitrogens with zero attached hydrogens (tertiary/aromatic N) is 6. The lowest BCUT2D eigenvalue weighted by molar-refractivity contribution is 0.0139. The van der Waals surface area contributed by atoms with Crippen molar-refractivity contribution < 1.29 is 18.0 Å². The first-order valence-corrected chi connectivity index (χ1v) is 10.8. The van der Waals surface area contributed by atoms with Crippen LogP contribution in [-0.2, 0) is 0 Å². The molecular formula is C23H23F2N7O2. The second kappa shape index (κ2) is 8.24. The molecule has 9 nitrogen and oxygen atoms in total. The summed E-state index contributed by atoms with van der Waals surface area (Å²) in [5, 5.41) is 0. The number of nitrogen functional groups attached to an aromatic ring is 1. The van der Waals surface area contributed by atoms with E-state index in [-0.39, 0.29) is 55.0 Å².